The molecule has 0 bridgehead atoms. The van der Waals surface area contributed by atoms with Crippen LogP contribution in [-0.4, -0.2) is 50.1 Å². The van der Waals surface area contributed by atoms with Gasteiger partial charge in [-0.2, -0.15) is 0 Å². The fourth-order valence-electron chi connectivity index (χ4n) is 3.20. The lowest BCUT2D eigenvalue weighted by Gasteiger charge is -2.29. The van der Waals surface area contributed by atoms with Crippen LogP contribution in [0.2, 0.25) is 0 Å². The Hall–Kier alpha value is -2.60. The van der Waals surface area contributed by atoms with Gasteiger partial charge in [-0.1, -0.05) is 0 Å². The minimum Gasteiger partial charge on any atom is -0.391 e. The summed E-state index contributed by atoms with van der Waals surface area (Å²) in [5.74, 6) is -0.0608. The van der Waals surface area contributed by atoms with Crippen molar-refractivity contribution in [3.63, 3.8) is 0 Å². The van der Waals surface area contributed by atoms with Crippen LogP contribution in [0.25, 0.3) is 22.2 Å². The van der Waals surface area contributed by atoms with Crippen molar-refractivity contribution in [2.45, 2.75) is 18.9 Å². The first-order chi connectivity index (χ1) is 11.2. The molecule has 3 aromatic heterocycles. The van der Waals surface area contributed by atoms with Crippen molar-refractivity contribution in [2.24, 2.45) is 0 Å². The fraction of sp³-hybridized carbons (Fsp3) is 0.294. The maximum absolute atomic E-state index is 12.6. The van der Waals surface area contributed by atoms with E-state index in [9.17, 15) is 9.90 Å². The third-order valence-corrected chi connectivity index (χ3v) is 4.37. The number of piperidine rings is 1. The van der Waals surface area contributed by atoms with E-state index in [2.05, 4.69) is 15.0 Å². The molecule has 3 N–H and O–H groups in total. The Kier molecular flexibility index (Phi) is 3.38. The molecule has 1 aliphatic rings. The first-order valence-electron chi connectivity index (χ1n) is 7.80. The Morgan fingerprint density at radius 1 is 1.39 bits per heavy atom. The molecule has 1 amide bonds. The molecular weight excluding hydrogens is 292 g/mol. The zero-order valence-corrected chi connectivity index (χ0v) is 12.6. The minimum atomic E-state index is -0.415. The number of H-pyrrole nitrogens is 2. The maximum Gasteiger partial charge on any atom is 0.270 e. The summed E-state index contributed by atoms with van der Waals surface area (Å²) in [6.07, 6.45) is 6.65. The van der Waals surface area contributed by atoms with Gasteiger partial charge in [-0.15, -0.1) is 0 Å². The molecule has 1 saturated heterocycles. The molecule has 4 rings (SSSR count). The predicted molar refractivity (Wildman–Crippen MR) is 91.3 cm³/mol. The van der Waals surface area contributed by atoms with Crippen molar-refractivity contribution in [3.05, 3.63) is 42.5 Å². The van der Waals surface area contributed by atoms with E-state index in [-0.39, 0.29) is 8.76 Å². The fourth-order valence-corrected chi connectivity index (χ4v) is 3.20. The van der Waals surface area contributed by atoms with Gasteiger partial charge >= 0.3 is 0 Å². The van der Waals surface area contributed by atoms with Gasteiger partial charge < -0.3 is 20.0 Å². The number of aromatic amines is 2. The van der Waals surface area contributed by atoms with Gasteiger partial charge in [-0.3, -0.25) is 4.79 Å². The summed E-state index contributed by atoms with van der Waals surface area (Å²) >= 11 is 0. The highest BCUT2D eigenvalue weighted by Gasteiger charge is 2.24. The van der Waals surface area contributed by atoms with Gasteiger partial charge in [0.25, 0.3) is 5.91 Å². The quantitative estimate of drug-likeness (QED) is 0.680. The van der Waals surface area contributed by atoms with Gasteiger partial charge in [0.2, 0.25) is 0 Å². The number of aromatic nitrogens is 3. The molecule has 0 radical (unpaired) electrons. The largest absolute Gasteiger partial charge is 0.391 e. The summed E-state index contributed by atoms with van der Waals surface area (Å²) in [5.41, 5.74) is 3.37. The van der Waals surface area contributed by atoms with Gasteiger partial charge in [0.1, 0.15) is 11.3 Å². The van der Waals surface area contributed by atoms with Crippen molar-refractivity contribution >= 4 is 16.9 Å². The molecule has 0 saturated carbocycles. The van der Waals surface area contributed by atoms with Crippen molar-refractivity contribution < 1.29 is 12.8 Å². The minimum absolute atomic E-state index is 0. The summed E-state index contributed by atoms with van der Waals surface area (Å²) in [5, 5.41) is 10.8. The lowest BCUT2D eigenvalue weighted by molar-refractivity contribution is 0.0469. The number of carbonyl (C=O) groups is 1. The summed E-state index contributed by atoms with van der Waals surface area (Å²) in [6, 6.07) is 5.79. The number of β-amino-alcohol motifs (C(OH)–C–C–N with tert-alkyl or cyclic N) is 1. The molecule has 1 fully saturated rings. The third-order valence-electron chi connectivity index (χ3n) is 4.37. The van der Waals surface area contributed by atoms with Crippen LogP contribution in [0.3, 0.4) is 0 Å². The highest BCUT2D eigenvalue weighted by molar-refractivity contribution is 5.97. The molecule has 6 heteroatoms. The van der Waals surface area contributed by atoms with Crippen LogP contribution >= 0.6 is 0 Å². The number of amides is 1. The SMILES string of the molecule is O=C(c1cc(-c2ccnc3[nH]ccc23)c[nH]1)N1CCCC(O)C1.[HH].[HH]. The number of aliphatic hydroxyl groups is 1. The number of fused-ring (bicyclic) bond motifs is 1. The summed E-state index contributed by atoms with van der Waals surface area (Å²) < 4.78 is 0. The van der Waals surface area contributed by atoms with E-state index >= 15 is 0 Å². The molecule has 1 aliphatic heterocycles. The van der Waals surface area contributed by atoms with Crippen LogP contribution < -0.4 is 0 Å². The molecule has 1 atom stereocenters. The number of hydrogen-bond acceptors (Lipinski definition) is 3. The summed E-state index contributed by atoms with van der Waals surface area (Å²) in [6.45, 7) is 1.10. The molecule has 6 nitrogen and oxygen atoms in total. The van der Waals surface area contributed by atoms with Gasteiger partial charge in [0.15, 0.2) is 0 Å². The second kappa shape index (κ2) is 5.55. The molecule has 23 heavy (non-hydrogen) atoms. The van der Waals surface area contributed by atoms with E-state index < -0.39 is 6.10 Å². The lowest BCUT2D eigenvalue weighted by atomic mass is 10.1. The molecule has 4 heterocycles. The Labute approximate surface area is 136 Å². The second-order valence-electron chi connectivity index (χ2n) is 5.95. The standard InChI is InChI=1S/C17H18N4O2.2H2/c22-12-2-1-7-21(10-12)17(23)15-8-11(9-20-15)13-3-5-18-16-14(13)4-6-19-16;;/h3-6,8-9,12,20,22H,1-2,7,10H2,(H,18,19);2*1H. The van der Waals surface area contributed by atoms with E-state index in [0.29, 0.717) is 18.8 Å². The van der Waals surface area contributed by atoms with Crippen LogP contribution in [0.5, 0.6) is 0 Å². The smallest absolute Gasteiger partial charge is 0.270 e. The van der Waals surface area contributed by atoms with Crippen LogP contribution in [-0.2, 0) is 0 Å². The Bertz CT molecular complexity index is 861. The number of hydrogen-bond donors (Lipinski definition) is 3. The summed E-state index contributed by atoms with van der Waals surface area (Å²) in [7, 11) is 0. The third kappa shape index (κ3) is 2.51. The average Bonchev–Trinajstić information content (AvgIpc) is 3.23. The first-order valence-corrected chi connectivity index (χ1v) is 7.80. The van der Waals surface area contributed by atoms with Gasteiger partial charge in [0.05, 0.1) is 6.10 Å². The maximum atomic E-state index is 12.6. The molecule has 1 unspecified atom stereocenters. The van der Waals surface area contributed by atoms with Crippen molar-refractivity contribution in [3.8, 4) is 11.1 Å². The van der Waals surface area contributed by atoms with Crippen LogP contribution in [0.4, 0.5) is 0 Å². The van der Waals surface area contributed by atoms with Crippen LogP contribution in [0, 0.1) is 0 Å². The van der Waals surface area contributed by atoms with E-state index in [1.807, 2.05) is 30.6 Å². The Morgan fingerprint density at radius 3 is 3.17 bits per heavy atom. The molecule has 0 spiro atoms. The van der Waals surface area contributed by atoms with E-state index in [1.165, 1.54) is 0 Å². The Balaban J connectivity index is 0.00000113. The van der Waals surface area contributed by atoms with Crippen molar-refractivity contribution in [2.75, 3.05) is 13.1 Å². The number of likely N-dealkylation sites (tertiary alicyclic amines) is 1. The zero-order valence-electron chi connectivity index (χ0n) is 12.6. The van der Waals surface area contributed by atoms with E-state index in [4.69, 9.17) is 0 Å². The van der Waals surface area contributed by atoms with E-state index in [1.54, 1.807) is 11.1 Å². The number of rotatable bonds is 2. The van der Waals surface area contributed by atoms with Crippen molar-refractivity contribution in [1.82, 2.24) is 19.9 Å². The molecular formula is C17H22N4O2. The summed E-state index contributed by atoms with van der Waals surface area (Å²) in [4.78, 5) is 24.7. The number of carbonyl (C=O) groups excluding carboxylic acids is 1. The first kappa shape index (κ1) is 14.0. The van der Waals surface area contributed by atoms with Crippen LogP contribution in [0.15, 0.2) is 36.8 Å². The van der Waals surface area contributed by atoms with Crippen LogP contribution in [0.1, 0.15) is 26.2 Å². The van der Waals surface area contributed by atoms with Gasteiger partial charge in [-0.05, 0) is 36.6 Å². The topological polar surface area (TPSA) is 85.0 Å². The van der Waals surface area contributed by atoms with E-state index in [0.717, 1.165) is 35.0 Å². The van der Waals surface area contributed by atoms with Gasteiger partial charge in [0, 0.05) is 45.5 Å². The highest BCUT2D eigenvalue weighted by atomic mass is 16.3. The molecule has 0 aliphatic carbocycles. The average molecular weight is 314 g/mol. The monoisotopic (exact) mass is 314 g/mol. The number of pyridine rings is 1. The lowest BCUT2D eigenvalue weighted by Crippen LogP contribution is -2.42. The molecule has 3 aromatic rings. The normalized spacial score (nSPS) is 18.5. The predicted octanol–water partition coefficient (Wildman–Crippen LogP) is 2.65. The van der Waals surface area contributed by atoms with Crippen molar-refractivity contribution in [1.29, 1.82) is 0 Å². The van der Waals surface area contributed by atoms with Gasteiger partial charge in [-0.25, -0.2) is 4.98 Å². The molecule has 122 valence electrons. The number of nitrogens with one attached hydrogen (secondary N) is 2. The number of aliphatic hydroxyl groups excluding tert-OH is 1. The number of nitrogens with zero attached hydrogens (tertiary/aromatic N) is 2. The molecule has 0 aromatic carbocycles. The highest BCUT2D eigenvalue weighted by Crippen LogP contribution is 2.28. The Morgan fingerprint density at radius 2 is 2.30 bits per heavy atom. The zero-order chi connectivity index (χ0) is 15.8. The second-order valence-corrected chi connectivity index (χ2v) is 5.95.